The molecule has 0 aromatic carbocycles. The van der Waals surface area contributed by atoms with Crippen molar-refractivity contribution in [3.63, 3.8) is 0 Å². The van der Waals surface area contributed by atoms with E-state index in [1.54, 1.807) is 4.31 Å². The second-order valence-electron chi connectivity index (χ2n) is 7.67. The van der Waals surface area contributed by atoms with E-state index in [4.69, 9.17) is 0 Å². The molecule has 0 bridgehead atoms. The third kappa shape index (κ3) is 6.66. The van der Waals surface area contributed by atoms with Crippen molar-refractivity contribution in [2.45, 2.75) is 66.3 Å². The molecule has 1 heterocycles. The van der Waals surface area contributed by atoms with Gasteiger partial charge in [-0.3, -0.25) is 0 Å². The average Bonchev–Trinajstić information content (AvgIpc) is 2.37. The molecule has 4 nitrogen and oxygen atoms in total. The lowest BCUT2D eigenvalue weighted by molar-refractivity contribution is 0.154. The van der Waals surface area contributed by atoms with Gasteiger partial charge in [0.2, 0.25) is 10.0 Å². The topological polar surface area (TPSA) is 49.4 Å². The second-order valence-corrected chi connectivity index (χ2v) is 9.76. The van der Waals surface area contributed by atoms with Gasteiger partial charge in [-0.15, -0.1) is 0 Å². The van der Waals surface area contributed by atoms with Crippen molar-refractivity contribution in [3.05, 3.63) is 0 Å². The van der Waals surface area contributed by atoms with E-state index in [0.29, 0.717) is 36.2 Å². The van der Waals surface area contributed by atoms with Gasteiger partial charge in [-0.2, -0.15) is 0 Å². The van der Waals surface area contributed by atoms with Crippen LogP contribution in [0.3, 0.4) is 0 Å². The van der Waals surface area contributed by atoms with Gasteiger partial charge in [-0.1, -0.05) is 34.6 Å². The summed E-state index contributed by atoms with van der Waals surface area (Å²) in [6.07, 6.45) is 3.67. The van der Waals surface area contributed by atoms with Gasteiger partial charge < -0.3 is 5.32 Å². The molecular weight excluding hydrogens is 284 g/mol. The summed E-state index contributed by atoms with van der Waals surface area (Å²) in [5, 5.41) is 3.33. The van der Waals surface area contributed by atoms with Crippen molar-refractivity contribution in [1.82, 2.24) is 9.62 Å². The van der Waals surface area contributed by atoms with Gasteiger partial charge >= 0.3 is 0 Å². The van der Waals surface area contributed by atoms with Gasteiger partial charge in [0.25, 0.3) is 0 Å². The maximum Gasteiger partial charge on any atom is 0.214 e. The molecule has 1 rings (SSSR count). The Morgan fingerprint density at radius 3 is 2.19 bits per heavy atom. The zero-order valence-electron chi connectivity index (χ0n) is 14.5. The average molecular weight is 319 g/mol. The minimum Gasteiger partial charge on any atom is -0.315 e. The van der Waals surface area contributed by atoms with Gasteiger partial charge in [0, 0.05) is 19.1 Å². The van der Waals surface area contributed by atoms with E-state index in [2.05, 4.69) is 39.9 Å². The van der Waals surface area contributed by atoms with Crippen LogP contribution in [0.25, 0.3) is 0 Å². The van der Waals surface area contributed by atoms with E-state index >= 15 is 0 Å². The zero-order chi connectivity index (χ0) is 16.1. The van der Waals surface area contributed by atoms with Crippen LogP contribution in [0.15, 0.2) is 0 Å². The summed E-state index contributed by atoms with van der Waals surface area (Å²) < 4.78 is 26.4. The Labute approximate surface area is 131 Å². The lowest BCUT2D eigenvalue weighted by Crippen LogP contribution is -2.42. The Hall–Kier alpha value is -0.130. The van der Waals surface area contributed by atoms with Crippen molar-refractivity contribution < 1.29 is 8.42 Å². The minimum atomic E-state index is -3.05. The predicted octanol–water partition coefficient (Wildman–Crippen LogP) is 2.85. The van der Waals surface area contributed by atoms with Crippen LogP contribution in [-0.4, -0.2) is 44.2 Å². The SMILES string of the molecule is CC(C)NCCCCS(=O)(=O)N1CCC(C(C)(C)C)CC1. The van der Waals surface area contributed by atoms with Gasteiger partial charge in [-0.25, -0.2) is 12.7 Å². The van der Waals surface area contributed by atoms with Crippen LogP contribution in [0.5, 0.6) is 0 Å². The van der Waals surface area contributed by atoms with Crippen LogP contribution in [0.2, 0.25) is 0 Å². The highest BCUT2D eigenvalue weighted by Crippen LogP contribution is 2.34. The Balaban J connectivity index is 2.33. The molecule has 0 radical (unpaired) electrons. The van der Waals surface area contributed by atoms with Crippen molar-refractivity contribution in [1.29, 1.82) is 0 Å². The number of hydrogen-bond donors (Lipinski definition) is 1. The number of hydrogen-bond acceptors (Lipinski definition) is 3. The standard InChI is InChI=1S/C16H34N2O2S/c1-14(2)17-10-6-7-13-21(19,20)18-11-8-15(9-12-18)16(3,4)5/h14-15,17H,6-13H2,1-5H3. The number of nitrogens with one attached hydrogen (secondary N) is 1. The predicted molar refractivity (Wildman–Crippen MR) is 89.9 cm³/mol. The quantitative estimate of drug-likeness (QED) is 0.734. The van der Waals surface area contributed by atoms with Crippen LogP contribution >= 0.6 is 0 Å². The highest BCUT2D eigenvalue weighted by atomic mass is 32.2. The Kier molecular flexibility index (Phi) is 7.14. The third-order valence-corrected chi connectivity index (χ3v) is 6.41. The van der Waals surface area contributed by atoms with Crippen molar-refractivity contribution in [3.8, 4) is 0 Å². The van der Waals surface area contributed by atoms with Gasteiger partial charge in [0.15, 0.2) is 0 Å². The second kappa shape index (κ2) is 7.93. The Morgan fingerprint density at radius 2 is 1.71 bits per heavy atom. The lowest BCUT2D eigenvalue weighted by Gasteiger charge is -2.38. The summed E-state index contributed by atoms with van der Waals surface area (Å²) in [4.78, 5) is 0. The fraction of sp³-hybridized carbons (Fsp3) is 1.00. The molecule has 21 heavy (non-hydrogen) atoms. The summed E-state index contributed by atoms with van der Waals surface area (Å²) >= 11 is 0. The molecular formula is C16H34N2O2S. The first-order chi connectivity index (χ1) is 9.63. The number of nitrogens with zero attached hydrogens (tertiary/aromatic N) is 1. The maximum atomic E-state index is 12.3. The zero-order valence-corrected chi connectivity index (χ0v) is 15.3. The smallest absolute Gasteiger partial charge is 0.214 e. The largest absolute Gasteiger partial charge is 0.315 e. The number of piperidine rings is 1. The number of rotatable bonds is 7. The molecule has 1 fully saturated rings. The third-order valence-electron chi connectivity index (χ3n) is 4.45. The first kappa shape index (κ1) is 18.9. The normalized spacial score (nSPS) is 19.3. The van der Waals surface area contributed by atoms with Crippen molar-refractivity contribution in [2.24, 2.45) is 11.3 Å². The fourth-order valence-electron chi connectivity index (χ4n) is 2.93. The van der Waals surface area contributed by atoms with Crippen LogP contribution < -0.4 is 5.32 Å². The first-order valence-corrected chi connectivity index (χ1v) is 9.95. The molecule has 0 aromatic rings. The van der Waals surface area contributed by atoms with Gasteiger partial charge in [0.05, 0.1) is 5.75 Å². The van der Waals surface area contributed by atoms with E-state index in [0.717, 1.165) is 32.2 Å². The summed E-state index contributed by atoms with van der Waals surface area (Å²) in [6.45, 7) is 13.3. The molecule has 0 spiro atoms. The van der Waals surface area contributed by atoms with E-state index in [1.807, 2.05) is 0 Å². The first-order valence-electron chi connectivity index (χ1n) is 8.34. The minimum absolute atomic E-state index is 0.290. The molecule has 0 atom stereocenters. The van der Waals surface area contributed by atoms with Crippen LogP contribution in [-0.2, 0) is 10.0 Å². The maximum absolute atomic E-state index is 12.3. The van der Waals surface area contributed by atoms with Gasteiger partial charge in [0.1, 0.15) is 0 Å². The van der Waals surface area contributed by atoms with Crippen molar-refractivity contribution >= 4 is 10.0 Å². The lowest BCUT2D eigenvalue weighted by atomic mass is 9.76. The molecule has 5 heteroatoms. The molecule has 1 aliphatic rings. The van der Waals surface area contributed by atoms with E-state index in [9.17, 15) is 8.42 Å². The summed E-state index contributed by atoms with van der Waals surface area (Å²) in [6, 6.07) is 0.470. The molecule has 1 N–H and O–H groups in total. The summed E-state index contributed by atoms with van der Waals surface area (Å²) in [7, 11) is -3.05. The number of unbranched alkanes of at least 4 members (excludes halogenated alkanes) is 1. The molecule has 1 aliphatic heterocycles. The Bertz CT molecular complexity index is 391. The monoisotopic (exact) mass is 318 g/mol. The number of sulfonamides is 1. The molecule has 0 unspecified atom stereocenters. The van der Waals surface area contributed by atoms with Crippen LogP contribution in [0.4, 0.5) is 0 Å². The molecule has 0 amide bonds. The summed E-state index contributed by atoms with van der Waals surface area (Å²) in [5.41, 5.74) is 0.290. The molecule has 1 saturated heterocycles. The van der Waals surface area contributed by atoms with E-state index in [1.165, 1.54) is 0 Å². The van der Waals surface area contributed by atoms with Gasteiger partial charge in [-0.05, 0) is 43.6 Å². The highest BCUT2D eigenvalue weighted by Gasteiger charge is 2.32. The molecule has 0 aliphatic carbocycles. The Morgan fingerprint density at radius 1 is 1.14 bits per heavy atom. The summed E-state index contributed by atoms with van der Waals surface area (Å²) in [5.74, 6) is 0.937. The van der Waals surface area contributed by atoms with Crippen LogP contribution in [0.1, 0.15) is 60.3 Å². The van der Waals surface area contributed by atoms with E-state index in [-0.39, 0.29) is 0 Å². The van der Waals surface area contributed by atoms with Crippen molar-refractivity contribution in [2.75, 3.05) is 25.4 Å². The molecule has 0 aromatic heterocycles. The van der Waals surface area contributed by atoms with E-state index < -0.39 is 10.0 Å². The molecule has 126 valence electrons. The molecule has 0 saturated carbocycles. The fourth-order valence-corrected chi connectivity index (χ4v) is 4.52. The van der Waals surface area contributed by atoms with Crippen LogP contribution in [0, 0.1) is 11.3 Å². The highest BCUT2D eigenvalue weighted by molar-refractivity contribution is 7.89.